The summed E-state index contributed by atoms with van der Waals surface area (Å²) in [6.45, 7) is 4.96. The summed E-state index contributed by atoms with van der Waals surface area (Å²) < 4.78 is 11.0. The first-order chi connectivity index (χ1) is 16.6. The Morgan fingerprint density at radius 3 is 2.69 bits per heavy atom. The van der Waals surface area contributed by atoms with Gasteiger partial charge in [0.25, 0.3) is 0 Å². The van der Waals surface area contributed by atoms with Gasteiger partial charge in [-0.3, -0.25) is 14.5 Å². The smallest absolute Gasteiger partial charge is 0.410 e. The zero-order chi connectivity index (χ0) is 25.2. The summed E-state index contributed by atoms with van der Waals surface area (Å²) in [5, 5.41) is 2.45. The van der Waals surface area contributed by atoms with Gasteiger partial charge in [0.15, 0.2) is 0 Å². The molecule has 0 aromatic heterocycles. The van der Waals surface area contributed by atoms with Gasteiger partial charge in [0.1, 0.15) is 18.7 Å². The van der Waals surface area contributed by atoms with Crippen LogP contribution in [0.2, 0.25) is 0 Å². The number of nitrogens with zero attached hydrogens (tertiary/aromatic N) is 2. The van der Waals surface area contributed by atoms with Crippen LogP contribution >= 0.6 is 0 Å². The summed E-state index contributed by atoms with van der Waals surface area (Å²) in [7, 11) is 0. The lowest BCUT2D eigenvalue weighted by Gasteiger charge is -2.25. The molecule has 0 aliphatic carbocycles. The zero-order valence-corrected chi connectivity index (χ0v) is 20.4. The SMILES string of the molecule is CC1(C)CCCCc2cccc3c2CN(C3)C(=O)O[C@@H]2C[C@@H](C(N)=O)N(C2)C(=O)CNC(=O)OC1. The van der Waals surface area contributed by atoms with Gasteiger partial charge in [-0.1, -0.05) is 38.5 Å². The van der Waals surface area contributed by atoms with Crippen molar-refractivity contribution in [2.45, 2.75) is 71.2 Å². The van der Waals surface area contributed by atoms with Crippen LogP contribution in [0.5, 0.6) is 0 Å². The quantitative estimate of drug-likeness (QED) is 0.625. The number of nitrogens with two attached hydrogens (primary N) is 1. The molecule has 1 aromatic carbocycles. The van der Waals surface area contributed by atoms with E-state index in [-0.39, 0.29) is 31.5 Å². The van der Waals surface area contributed by atoms with E-state index in [2.05, 4.69) is 11.4 Å². The van der Waals surface area contributed by atoms with E-state index in [1.807, 2.05) is 26.0 Å². The first-order valence-corrected chi connectivity index (χ1v) is 12.2. The average Bonchev–Trinajstić information content (AvgIpc) is 3.43. The highest BCUT2D eigenvalue weighted by molar-refractivity contribution is 5.89. The second-order valence-electron chi connectivity index (χ2n) is 10.4. The molecule has 2 atom stereocenters. The van der Waals surface area contributed by atoms with Crippen LogP contribution in [-0.4, -0.2) is 65.6 Å². The van der Waals surface area contributed by atoms with Gasteiger partial charge in [0.05, 0.1) is 13.2 Å². The monoisotopic (exact) mass is 486 g/mol. The van der Waals surface area contributed by atoms with E-state index < -0.39 is 36.1 Å². The van der Waals surface area contributed by atoms with E-state index in [0.717, 1.165) is 36.8 Å². The fraction of sp³-hybridized carbons (Fsp3) is 0.600. The summed E-state index contributed by atoms with van der Waals surface area (Å²) in [5.74, 6) is -1.17. The maximum Gasteiger partial charge on any atom is 0.410 e. The number of hydrogen-bond acceptors (Lipinski definition) is 6. The van der Waals surface area contributed by atoms with Gasteiger partial charge in [-0.25, -0.2) is 9.59 Å². The van der Waals surface area contributed by atoms with E-state index in [1.54, 1.807) is 4.90 Å². The van der Waals surface area contributed by atoms with Crippen molar-refractivity contribution in [3.05, 3.63) is 34.9 Å². The Morgan fingerprint density at radius 1 is 1.14 bits per heavy atom. The fourth-order valence-electron chi connectivity index (χ4n) is 5.05. The molecular weight excluding hydrogens is 452 g/mol. The number of hydrogen-bond donors (Lipinski definition) is 2. The molecular formula is C25H34N4O6. The van der Waals surface area contributed by atoms with Crippen LogP contribution in [0, 0.1) is 5.41 Å². The maximum absolute atomic E-state index is 12.9. The van der Waals surface area contributed by atoms with Gasteiger partial charge in [-0.05, 0) is 41.4 Å². The molecule has 35 heavy (non-hydrogen) atoms. The Bertz CT molecular complexity index is 1010. The number of benzene rings is 1. The Hall–Kier alpha value is -3.30. The highest BCUT2D eigenvalue weighted by atomic mass is 16.6. The first kappa shape index (κ1) is 24.8. The molecule has 4 bridgehead atoms. The van der Waals surface area contributed by atoms with Gasteiger partial charge in [-0.15, -0.1) is 0 Å². The van der Waals surface area contributed by atoms with E-state index in [1.165, 1.54) is 10.5 Å². The molecule has 3 N–H and O–H groups in total. The van der Waals surface area contributed by atoms with Crippen LogP contribution in [0.25, 0.3) is 0 Å². The number of fused-ring (bicyclic) bond motifs is 3. The van der Waals surface area contributed by atoms with Gasteiger partial charge >= 0.3 is 12.2 Å². The molecule has 4 rings (SSSR count). The first-order valence-electron chi connectivity index (χ1n) is 12.2. The highest BCUT2D eigenvalue weighted by Gasteiger charge is 2.41. The van der Waals surface area contributed by atoms with Crippen LogP contribution in [0.15, 0.2) is 18.2 Å². The predicted octanol–water partition coefficient (Wildman–Crippen LogP) is 2.07. The Labute approximate surface area is 205 Å². The molecule has 4 amide bonds. The number of aryl methyl sites for hydroxylation is 1. The van der Waals surface area contributed by atoms with Gasteiger partial charge in [0, 0.05) is 19.5 Å². The van der Waals surface area contributed by atoms with Crippen molar-refractivity contribution >= 4 is 24.0 Å². The summed E-state index contributed by atoms with van der Waals surface area (Å²) in [5.41, 5.74) is 8.80. The van der Waals surface area contributed by atoms with E-state index in [0.29, 0.717) is 13.1 Å². The molecule has 0 unspecified atom stereocenters. The maximum atomic E-state index is 12.9. The average molecular weight is 487 g/mol. The van der Waals surface area contributed by atoms with Gasteiger partial charge in [0.2, 0.25) is 11.8 Å². The third-order valence-corrected chi connectivity index (χ3v) is 7.05. The van der Waals surface area contributed by atoms with Crippen LogP contribution in [0.3, 0.4) is 0 Å². The molecule has 1 fully saturated rings. The lowest BCUT2D eigenvalue weighted by Crippen LogP contribution is -2.47. The van der Waals surface area contributed by atoms with E-state index >= 15 is 0 Å². The van der Waals surface area contributed by atoms with E-state index in [9.17, 15) is 19.2 Å². The van der Waals surface area contributed by atoms with Crippen molar-refractivity contribution in [3.63, 3.8) is 0 Å². The summed E-state index contributed by atoms with van der Waals surface area (Å²) in [4.78, 5) is 52.7. The lowest BCUT2D eigenvalue weighted by atomic mass is 9.87. The van der Waals surface area contributed by atoms with Gasteiger partial charge < -0.3 is 25.4 Å². The summed E-state index contributed by atoms with van der Waals surface area (Å²) >= 11 is 0. The standard InChI is InChI=1S/C25H34N4O6/c1-25(2)9-4-3-6-16-7-5-8-17-12-28(14-19(16)17)24(33)35-18-10-20(22(26)31)29(13-18)21(30)11-27-23(32)34-15-25/h5,7-8,18,20H,3-4,6,9-15H2,1-2H3,(H2,26,31)(H,27,32)/t18-,20+/m1/s1. The van der Waals surface area contributed by atoms with Crippen molar-refractivity contribution in [2.24, 2.45) is 11.1 Å². The summed E-state index contributed by atoms with van der Waals surface area (Å²) in [6.07, 6.45) is 2.03. The Morgan fingerprint density at radius 2 is 1.91 bits per heavy atom. The largest absolute Gasteiger partial charge is 0.449 e. The normalized spacial score (nSPS) is 25.5. The molecule has 0 radical (unpaired) electrons. The third kappa shape index (κ3) is 5.86. The molecule has 10 heteroatoms. The summed E-state index contributed by atoms with van der Waals surface area (Å²) in [6, 6.07) is 5.25. The number of carbonyl (C=O) groups is 4. The molecule has 3 aliphatic heterocycles. The fourth-order valence-corrected chi connectivity index (χ4v) is 5.05. The number of alkyl carbamates (subject to hydrolysis) is 1. The zero-order valence-electron chi connectivity index (χ0n) is 20.4. The number of amides is 4. The molecule has 0 spiro atoms. The number of nitrogens with one attached hydrogen (secondary N) is 1. The Kier molecular flexibility index (Phi) is 7.18. The van der Waals surface area contributed by atoms with Crippen molar-refractivity contribution in [1.29, 1.82) is 0 Å². The van der Waals surface area contributed by atoms with Crippen molar-refractivity contribution in [3.8, 4) is 0 Å². The molecule has 3 heterocycles. The second kappa shape index (κ2) is 10.1. The van der Waals surface area contributed by atoms with Gasteiger partial charge in [-0.2, -0.15) is 0 Å². The minimum atomic E-state index is -0.909. The molecule has 1 saturated heterocycles. The number of cyclic esters (lactones) is 1. The molecule has 190 valence electrons. The number of rotatable bonds is 1. The van der Waals surface area contributed by atoms with Crippen LogP contribution in [-0.2, 0) is 38.6 Å². The van der Waals surface area contributed by atoms with E-state index in [4.69, 9.17) is 15.2 Å². The molecule has 1 aromatic rings. The second-order valence-corrected chi connectivity index (χ2v) is 10.4. The minimum absolute atomic E-state index is 0.0357. The molecule has 0 saturated carbocycles. The Balaban J connectivity index is 1.52. The van der Waals surface area contributed by atoms with Crippen LogP contribution in [0.4, 0.5) is 9.59 Å². The lowest BCUT2D eigenvalue weighted by molar-refractivity contribution is -0.136. The van der Waals surface area contributed by atoms with Crippen LogP contribution in [0.1, 0.15) is 56.2 Å². The van der Waals surface area contributed by atoms with Crippen LogP contribution < -0.4 is 11.1 Å². The number of carbonyl (C=O) groups excluding carboxylic acids is 4. The topological polar surface area (TPSA) is 131 Å². The van der Waals surface area contributed by atoms with Crippen molar-refractivity contribution in [1.82, 2.24) is 15.1 Å². The molecule has 10 nitrogen and oxygen atoms in total. The predicted molar refractivity (Wildman–Crippen MR) is 126 cm³/mol. The highest BCUT2D eigenvalue weighted by Crippen LogP contribution is 2.30. The minimum Gasteiger partial charge on any atom is -0.449 e. The van der Waals surface area contributed by atoms with Crippen molar-refractivity contribution < 1.29 is 28.7 Å². The van der Waals surface area contributed by atoms with Crippen molar-refractivity contribution in [2.75, 3.05) is 19.7 Å². The molecule has 3 aliphatic rings. The number of ether oxygens (including phenoxy) is 2. The number of primary amides is 1. The third-order valence-electron chi connectivity index (χ3n) is 7.05.